The van der Waals surface area contributed by atoms with Gasteiger partial charge in [-0.25, -0.2) is 4.98 Å². The molecule has 1 heterocycles. The van der Waals surface area contributed by atoms with E-state index < -0.39 is 0 Å². The number of allylic oxidation sites excluding steroid dienone is 7. The fourth-order valence-electron chi connectivity index (χ4n) is 5.91. The molecule has 0 radical (unpaired) electrons. The van der Waals surface area contributed by atoms with Gasteiger partial charge in [-0.3, -0.25) is 0 Å². The molecule has 0 bridgehead atoms. The van der Waals surface area contributed by atoms with Gasteiger partial charge < -0.3 is 18.9 Å². The van der Waals surface area contributed by atoms with Gasteiger partial charge in [0.05, 0.1) is 18.9 Å². The van der Waals surface area contributed by atoms with Crippen LogP contribution >= 0.6 is 11.6 Å². The normalized spacial score (nSPS) is 18.3. The van der Waals surface area contributed by atoms with Crippen molar-refractivity contribution in [3.8, 4) is 11.4 Å². The molecule has 0 saturated heterocycles. The predicted octanol–water partition coefficient (Wildman–Crippen LogP) is 9.17. The molecule has 0 saturated carbocycles. The molecule has 4 rings (SSSR count). The number of aromatic nitrogens is 2. The highest BCUT2D eigenvalue weighted by Crippen LogP contribution is 2.33. The lowest BCUT2D eigenvalue weighted by atomic mass is 9.94. The summed E-state index contributed by atoms with van der Waals surface area (Å²) in [6.07, 6.45) is 19.9. The highest BCUT2D eigenvalue weighted by atomic mass is 35.5. The van der Waals surface area contributed by atoms with E-state index >= 15 is 0 Å². The van der Waals surface area contributed by atoms with Crippen molar-refractivity contribution in [3.05, 3.63) is 88.7 Å². The second kappa shape index (κ2) is 16.9. The molecular weight excluding hydrogens is 554 g/mol. The van der Waals surface area contributed by atoms with Crippen LogP contribution in [0, 0.1) is 11.8 Å². The van der Waals surface area contributed by atoms with Crippen molar-refractivity contribution in [1.29, 1.82) is 0 Å². The molecule has 2 aliphatic rings. The summed E-state index contributed by atoms with van der Waals surface area (Å²) < 4.78 is 14.7. The number of benzene rings is 1. The van der Waals surface area contributed by atoms with Gasteiger partial charge in [-0.1, -0.05) is 70.9 Å². The van der Waals surface area contributed by atoms with Crippen LogP contribution in [0.1, 0.15) is 89.9 Å². The number of nitrogens with zero attached hydrogens (tertiary/aromatic N) is 3. The van der Waals surface area contributed by atoms with Crippen molar-refractivity contribution in [3.63, 3.8) is 0 Å². The minimum absolute atomic E-state index is 0.253. The van der Waals surface area contributed by atoms with E-state index in [4.69, 9.17) is 26.1 Å². The largest absolute Gasteiger partial charge is 0.494 e. The van der Waals surface area contributed by atoms with Crippen molar-refractivity contribution in [2.45, 2.75) is 85.5 Å². The predicted molar refractivity (Wildman–Crippen MR) is 180 cm³/mol. The van der Waals surface area contributed by atoms with Crippen LogP contribution in [0.3, 0.4) is 0 Å². The van der Waals surface area contributed by atoms with Crippen molar-refractivity contribution in [2.75, 3.05) is 32.8 Å². The minimum atomic E-state index is 0.253. The molecule has 0 N–H and O–H groups in total. The highest BCUT2D eigenvalue weighted by molar-refractivity contribution is 6.31. The number of halogens is 1. The first-order chi connectivity index (χ1) is 20.9. The average molecular weight is 606 g/mol. The molecule has 1 aromatic carbocycles. The Bertz CT molecular complexity index is 1270. The Kier molecular flexibility index (Phi) is 13.0. The monoisotopic (exact) mass is 605 g/mol. The van der Waals surface area contributed by atoms with E-state index in [0.29, 0.717) is 18.4 Å². The lowest BCUT2D eigenvalue weighted by Gasteiger charge is -2.19. The molecule has 1 aromatic heterocycles. The first-order valence-corrected chi connectivity index (χ1v) is 16.9. The molecule has 6 heteroatoms. The lowest BCUT2D eigenvalue weighted by Crippen LogP contribution is -2.25. The summed E-state index contributed by atoms with van der Waals surface area (Å²) in [5.74, 6) is 4.32. The van der Waals surface area contributed by atoms with Crippen molar-refractivity contribution in [2.24, 2.45) is 11.8 Å². The molecule has 5 nitrogen and oxygen atoms in total. The minimum Gasteiger partial charge on any atom is -0.494 e. The van der Waals surface area contributed by atoms with Crippen LogP contribution in [0.15, 0.2) is 71.5 Å². The summed E-state index contributed by atoms with van der Waals surface area (Å²) in [5, 5.41) is 0.838. The Morgan fingerprint density at radius 1 is 0.977 bits per heavy atom. The van der Waals surface area contributed by atoms with Gasteiger partial charge in [-0.2, -0.15) is 0 Å². The first-order valence-electron chi connectivity index (χ1n) is 16.5. The van der Waals surface area contributed by atoms with Gasteiger partial charge in [0.25, 0.3) is 0 Å². The topological polar surface area (TPSA) is 39.5 Å². The van der Waals surface area contributed by atoms with Gasteiger partial charge in [0, 0.05) is 35.3 Å². The van der Waals surface area contributed by atoms with E-state index in [1.807, 2.05) is 6.08 Å². The quantitative estimate of drug-likeness (QED) is 0.169. The number of ether oxygens (including phenoxy) is 2. The maximum Gasteiger partial charge on any atom is 0.119 e. The van der Waals surface area contributed by atoms with Crippen LogP contribution in [-0.4, -0.2) is 47.3 Å². The number of rotatable bonds is 17. The summed E-state index contributed by atoms with van der Waals surface area (Å²) in [6.45, 7) is 15.9. The highest BCUT2D eigenvalue weighted by Gasteiger charge is 2.24. The van der Waals surface area contributed by atoms with Crippen LogP contribution < -0.4 is 4.74 Å². The number of hydrogen-bond acceptors (Lipinski definition) is 4. The lowest BCUT2D eigenvalue weighted by molar-refractivity contribution is 0.206. The van der Waals surface area contributed by atoms with E-state index in [9.17, 15) is 0 Å². The van der Waals surface area contributed by atoms with E-state index in [0.717, 1.165) is 93.6 Å². The molecule has 0 amide bonds. The molecular formula is C37H52ClN3O2. The maximum atomic E-state index is 6.14. The molecule has 0 aliphatic heterocycles. The van der Waals surface area contributed by atoms with Crippen LogP contribution in [0.4, 0.5) is 0 Å². The van der Waals surface area contributed by atoms with E-state index in [2.05, 4.69) is 98.7 Å². The third-order valence-corrected chi connectivity index (χ3v) is 8.63. The smallest absolute Gasteiger partial charge is 0.119 e. The van der Waals surface area contributed by atoms with Gasteiger partial charge in [0.1, 0.15) is 17.3 Å². The molecule has 2 unspecified atom stereocenters. The van der Waals surface area contributed by atoms with Gasteiger partial charge in [-0.05, 0) is 99.5 Å². The van der Waals surface area contributed by atoms with Crippen LogP contribution in [0.25, 0.3) is 5.69 Å². The summed E-state index contributed by atoms with van der Waals surface area (Å²) >= 11 is 6.06. The average Bonchev–Trinajstić information content (AvgIpc) is 3.36. The zero-order chi connectivity index (χ0) is 30.6. The third kappa shape index (κ3) is 9.61. The summed E-state index contributed by atoms with van der Waals surface area (Å²) in [6, 6.07) is 8.62. The summed E-state index contributed by atoms with van der Waals surface area (Å²) in [5.41, 5.74) is 3.70. The summed E-state index contributed by atoms with van der Waals surface area (Å²) in [4.78, 5) is 7.76. The Labute approximate surface area is 265 Å². The van der Waals surface area contributed by atoms with Gasteiger partial charge in [0.2, 0.25) is 0 Å². The van der Waals surface area contributed by atoms with Crippen LogP contribution in [0.5, 0.6) is 5.75 Å². The molecule has 0 fully saturated rings. The fraction of sp³-hybridized carbons (Fsp3) is 0.541. The van der Waals surface area contributed by atoms with E-state index in [1.54, 1.807) is 0 Å². The Balaban J connectivity index is 1.44. The van der Waals surface area contributed by atoms with Crippen LogP contribution in [0.2, 0.25) is 0 Å². The second-order valence-corrected chi connectivity index (χ2v) is 12.6. The van der Waals surface area contributed by atoms with Crippen molar-refractivity contribution < 1.29 is 9.47 Å². The van der Waals surface area contributed by atoms with Crippen molar-refractivity contribution in [1.82, 2.24) is 14.5 Å². The SMILES string of the molecule is CCCc1c(C2C=CC(OCCC3C=CC(Cl)=CC3)=CC2)nc(CC(C)C)n1-c1ccc(OCCCN(CC)CC)cc1. The maximum absolute atomic E-state index is 6.14. The Morgan fingerprint density at radius 2 is 1.77 bits per heavy atom. The second-order valence-electron chi connectivity index (χ2n) is 12.2. The molecule has 2 atom stereocenters. The van der Waals surface area contributed by atoms with E-state index in [-0.39, 0.29) is 5.92 Å². The Hall–Kier alpha value is -2.76. The van der Waals surface area contributed by atoms with Gasteiger partial charge in [0.15, 0.2) is 0 Å². The molecule has 0 spiro atoms. The zero-order valence-electron chi connectivity index (χ0n) is 27.0. The molecule has 234 valence electrons. The van der Waals surface area contributed by atoms with Gasteiger partial charge in [-0.15, -0.1) is 0 Å². The summed E-state index contributed by atoms with van der Waals surface area (Å²) in [7, 11) is 0. The first kappa shape index (κ1) is 33.1. The number of hydrogen-bond donors (Lipinski definition) is 0. The fourth-order valence-corrected chi connectivity index (χ4v) is 6.07. The van der Waals surface area contributed by atoms with Crippen LogP contribution in [-0.2, 0) is 17.6 Å². The number of imidazole rings is 1. The van der Waals surface area contributed by atoms with E-state index in [1.165, 1.54) is 17.1 Å². The Morgan fingerprint density at radius 3 is 2.40 bits per heavy atom. The molecule has 43 heavy (non-hydrogen) atoms. The standard InChI is InChI=1S/C37H52ClN3O2/c1-6-10-35-37(30-13-19-33(20-14-30)43-26-23-29-11-15-31(38)16-12-29)39-36(27-28(4)5)41(35)32-17-21-34(22-18-32)42-25-9-24-40(7-2)8-3/h11,13,15-22,28-30H,6-10,12,14,23-27H2,1-5H3. The zero-order valence-corrected chi connectivity index (χ0v) is 27.8. The molecule has 2 aliphatic carbocycles. The van der Waals surface area contributed by atoms with Crippen molar-refractivity contribution >= 4 is 11.6 Å². The van der Waals surface area contributed by atoms with Gasteiger partial charge >= 0.3 is 0 Å². The third-order valence-electron chi connectivity index (χ3n) is 8.35. The molecule has 2 aromatic rings.